The van der Waals surface area contributed by atoms with Crippen molar-refractivity contribution in [2.45, 2.75) is 44.2 Å². The van der Waals surface area contributed by atoms with Gasteiger partial charge in [-0.15, -0.1) is 11.8 Å². The van der Waals surface area contributed by atoms with E-state index in [1.807, 2.05) is 18.7 Å². The van der Waals surface area contributed by atoms with Gasteiger partial charge in [-0.25, -0.2) is 0 Å². The van der Waals surface area contributed by atoms with E-state index in [1.54, 1.807) is 11.8 Å². The number of rotatable bonds is 8. The second-order valence-corrected chi connectivity index (χ2v) is 6.20. The van der Waals surface area contributed by atoms with Crippen LogP contribution in [0.25, 0.3) is 0 Å². The molecule has 4 heteroatoms. The van der Waals surface area contributed by atoms with E-state index in [0.717, 1.165) is 25.7 Å². The van der Waals surface area contributed by atoms with Crippen LogP contribution in [0.4, 0.5) is 0 Å². The smallest absolute Gasteiger partial charge is 0.232 e. The van der Waals surface area contributed by atoms with Gasteiger partial charge in [-0.3, -0.25) is 4.79 Å². The molecule has 1 amide bonds. The zero-order valence-electron chi connectivity index (χ0n) is 12.4. The number of carbonyl (C=O) groups excluding carboxylic acids is 1. The van der Waals surface area contributed by atoms with Gasteiger partial charge < -0.3 is 10.2 Å². The zero-order valence-corrected chi connectivity index (χ0v) is 13.2. The third kappa shape index (κ3) is 4.84. The first-order valence-electron chi connectivity index (χ1n) is 7.45. The normalized spacial score (nSPS) is 14.3. The molecule has 0 spiro atoms. The van der Waals surface area contributed by atoms with E-state index >= 15 is 0 Å². The highest BCUT2D eigenvalue weighted by molar-refractivity contribution is 8.00. The summed E-state index contributed by atoms with van der Waals surface area (Å²) in [7, 11) is 0. The summed E-state index contributed by atoms with van der Waals surface area (Å²) in [5, 5.41) is 3.51. The van der Waals surface area contributed by atoms with E-state index in [0.29, 0.717) is 5.75 Å². The molecule has 20 heavy (non-hydrogen) atoms. The third-order valence-electron chi connectivity index (χ3n) is 3.57. The van der Waals surface area contributed by atoms with Crippen molar-refractivity contribution >= 4 is 17.7 Å². The molecule has 1 aromatic carbocycles. The molecule has 0 bridgehead atoms. The topological polar surface area (TPSA) is 32.3 Å². The third-order valence-corrected chi connectivity index (χ3v) is 4.57. The minimum atomic E-state index is 0.222. The lowest BCUT2D eigenvalue weighted by Gasteiger charge is -2.18. The van der Waals surface area contributed by atoms with E-state index in [1.165, 1.54) is 23.3 Å². The first-order chi connectivity index (χ1) is 9.72. The molecular weight excluding hydrogens is 268 g/mol. The molecule has 0 saturated heterocycles. The molecule has 110 valence electrons. The molecular formula is C16H24N2OS. The summed E-state index contributed by atoms with van der Waals surface area (Å²) in [4.78, 5) is 15.0. The number of benzene rings is 1. The second-order valence-electron chi connectivity index (χ2n) is 5.15. The fourth-order valence-corrected chi connectivity index (χ4v) is 2.87. The van der Waals surface area contributed by atoms with E-state index in [9.17, 15) is 4.79 Å². The Bertz CT molecular complexity index is 425. The summed E-state index contributed by atoms with van der Waals surface area (Å²) in [6.07, 6.45) is 2.64. The summed E-state index contributed by atoms with van der Waals surface area (Å²) in [5.41, 5.74) is 1.32. The van der Waals surface area contributed by atoms with Gasteiger partial charge >= 0.3 is 0 Å². The van der Waals surface area contributed by atoms with Crippen molar-refractivity contribution in [3.05, 3.63) is 29.8 Å². The van der Waals surface area contributed by atoms with Gasteiger partial charge in [0.15, 0.2) is 0 Å². The monoisotopic (exact) mass is 292 g/mol. The quantitative estimate of drug-likeness (QED) is 0.748. The number of hydrogen-bond donors (Lipinski definition) is 1. The van der Waals surface area contributed by atoms with Crippen molar-refractivity contribution in [3.8, 4) is 0 Å². The lowest BCUT2D eigenvalue weighted by Crippen LogP contribution is -2.31. The highest BCUT2D eigenvalue weighted by Gasteiger charge is 2.19. The first-order valence-corrected chi connectivity index (χ1v) is 8.44. The van der Waals surface area contributed by atoms with Gasteiger partial charge in [-0.2, -0.15) is 0 Å². The van der Waals surface area contributed by atoms with Crippen molar-refractivity contribution in [1.29, 1.82) is 0 Å². The molecule has 1 N–H and O–H groups in total. The minimum Gasteiger partial charge on any atom is -0.343 e. The molecule has 3 nitrogen and oxygen atoms in total. The first kappa shape index (κ1) is 15.4. The highest BCUT2D eigenvalue weighted by atomic mass is 32.2. The number of amides is 1. The Morgan fingerprint density at radius 2 is 1.90 bits per heavy atom. The van der Waals surface area contributed by atoms with Gasteiger partial charge in [0.25, 0.3) is 0 Å². The Balaban J connectivity index is 1.76. The predicted molar refractivity (Wildman–Crippen MR) is 85.0 cm³/mol. The van der Waals surface area contributed by atoms with Crippen LogP contribution in [0.1, 0.15) is 32.3 Å². The van der Waals surface area contributed by atoms with Crippen LogP contribution in [0, 0.1) is 0 Å². The average Bonchev–Trinajstić information content (AvgIpc) is 3.29. The number of thioether (sulfide) groups is 1. The standard InChI is InChI=1S/C16H24N2OS/c1-3-18(4-2)16(19)12-20-15-9-5-13(6-10-15)11-17-14-7-8-14/h5-6,9-10,14,17H,3-4,7-8,11-12H2,1-2H3. The fourth-order valence-electron chi connectivity index (χ4n) is 2.07. The lowest BCUT2D eigenvalue weighted by atomic mass is 10.2. The molecule has 0 unspecified atom stereocenters. The molecule has 0 atom stereocenters. The Morgan fingerprint density at radius 1 is 1.25 bits per heavy atom. The highest BCUT2D eigenvalue weighted by Crippen LogP contribution is 2.21. The Kier molecular flexibility index (Phi) is 5.92. The number of carbonyl (C=O) groups is 1. The summed E-state index contributed by atoms with van der Waals surface area (Å²) < 4.78 is 0. The van der Waals surface area contributed by atoms with Gasteiger partial charge in [-0.1, -0.05) is 12.1 Å². The van der Waals surface area contributed by atoms with Crippen LogP contribution in [0.3, 0.4) is 0 Å². The molecule has 0 radical (unpaired) electrons. The van der Waals surface area contributed by atoms with Crippen molar-refractivity contribution in [2.75, 3.05) is 18.8 Å². The lowest BCUT2D eigenvalue weighted by molar-refractivity contribution is -0.127. The van der Waals surface area contributed by atoms with Crippen LogP contribution in [0.2, 0.25) is 0 Å². The molecule has 1 fully saturated rings. The van der Waals surface area contributed by atoms with Crippen molar-refractivity contribution < 1.29 is 4.79 Å². The minimum absolute atomic E-state index is 0.222. The van der Waals surface area contributed by atoms with Crippen molar-refractivity contribution in [2.24, 2.45) is 0 Å². The molecule has 1 aliphatic rings. The van der Waals surface area contributed by atoms with Crippen LogP contribution in [-0.4, -0.2) is 35.7 Å². The van der Waals surface area contributed by atoms with Gasteiger partial charge in [0.1, 0.15) is 0 Å². The molecule has 0 aliphatic heterocycles. The molecule has 0 heterocycles. The van der Waals surface area contributed by atoms with Gasteiger partial charge in [0.05, 0.1) is 5.75 Å². The summed E-state index contributed by atoms with van der Waals surface area (Å²) in [6.45, 7) is 6.58. The molecule has 1 saturated carbocycles. The zero-order chi connectivity index (χ0) is 14.4. The van der Waals surface area contributed by atoms with Crippen LogP contribution < -0.4 is 5.32 Å². The summed E-state index contributed by atoms with van der Waals surface area (Å²) >= 11 is 1.62. The van der Waals surface area contributed by atoms with Crippen LogP contribution >= 0.6 is 11.8 Å². The molecule has 1 aromatic rings. The fraction of sp³-hybridized carbons (Fsp3) is 0.562. The maximum Gasteiger partial charge on any atom is 0.232 e. The summed E-state index contributed by atoms with van der Waals surface area (Å²) in [6, 6.07) is 9.28. The predicted octanol–water partition coefficient (Wildman–Crippen LogP) is 2.90. The molecule has 2 rings (SSSR count). The molecule has 1 aliphatic carbocycles. The van der Waals surface area contributed by atoms with Gasteiger partial charge in [0, 0.05) is 30.6 Å². The van der Waals surface area contributed by atoms with Crippen molar-refractivity contribution in [3.63, 3.8) is 0 Å². The summed E-state index contributed by atoms with van der Waals surface area (Å²) in [5.74, 6) is 0.751. The SMILES string of the molecule is CCN(CC)C(=O)CSc1ccc(CNC2CC2)cc1. The largest absolute Gasteiger partial charge is 0.343 e. The maximum atomic E-state index is 11.9. The number of hydrogen-bond acceptors (Lipinski definition) is 3. The number of nitrogens with one attached hydrogen (secondary N) is 1. The van der Waals surface area contributed by atoms with Gasteiger partial charge in [0.2, 0.25) is 5.91 Å². The van der Waals surface area contributed by atoms with Crippen LogP contribution in [0.15, 0.2) is 29.2 Å². The van der Waals surface area contributed by atoms with E-state index in [-0.39, 0.29) is 5.91 Å². The van der Waals surface area contributed by atoms with E-state index in [4.69, 9.17) is 0 Å². The Labute approximate surface area is 126 Å². The van der Waals surface area contributed by atoms with Crippen LogP contribution in [-0.2, 0) is 11.3 Å². The number of nitrogens with zero attached hydrogens (tertiary/aromatic N) is 1. The van der Waals surface area contributed by atoms with E-state index < -0.39 is 0 Å². The molecule has 0 aromatic heterocycles. The Hall–Kier alpha value is -1.00. The maximum absolute atomic E-state index is 11.9. The van der Waals surface area contributed by atoms with Gasteiger partial charge in [-0.05, 0) is 44.4 Å². The average molecular weight is 292 g/mol. The van der Waals surface area contributed by atoms with E-state index in [2.05, 4.69) is 29.6 Å². The van der Waals surface area contributed by atoms with Crippen molar-refractivity contribution in [1.82, 2.24) is 10.2 Å². The Morgan fingerprint density at radius 3 is 2.45 bits per heavy atom. The second kappa shape index (κ2) is 7.70. The van der Waals surface area contributed by atoms with Crippen LogP contribution in [0.5, 0.6) is 0 Å².